The summed E-state index contributed by atoms with van der Waals surface area (Å²) in [5.74, 6) is -0.305. The number of carbonyl (C=O) groups is 1. The Kier molecular flexibility index (Phi) is 3.51. The third-order valence-corrected chi connectivity index (χ3v) is 2.99. The first-order chi connectivity index (χ1) is 7.79. The van der Waals surface area contributed by atoms with Gasteiger partial charge in [-0.1, -0.05) is 12.5 Å². The largest absolute Gasteiger partial charge is 0.368 e. The lowest BCUT2D eigenvalue weighted by molar-refractivity contribution is -0.124. The molecule has 1 aromatic heterocycles. The second-order valence-corrected chi connectivity index (χ2v) is 4.16. The van der Waals surface area contributed by atoms with Crippen LogP contribution in [0.5, 0.6) is 0 Å². The standard InChI is InChI=1S/C12H17N3O/c13-12(16)11(10-6-2-3-7-14-10)15-8-4-1-5-9-15/h2-3,6-7,11H,1,4-5,8-9H2,(H2,13,16). The highest BCUT2D eigenvalue weighted by Crippen LogP contribution is 2.22. The molecule has 1 fully saturated rings. The topological polar surface area (TPSA) is 59.2 Å². The number of piperidine rings is 1. The number of nitrogens with two attached hydrogens (primary N) is 1. The molecule has 1 aromatic rings. The Hall–Kier alpha value is -1.42. The highest BCUT2D eigenvalue weighted by molar-refractivity contribution is 5.80. The first-order valence-corrected chi connectivity index (χ1v) is 5.73. The number of carbonyl (C=O) groups excluding carboxylic acids is 1. The van der Waals surface area contributed by atoms with Gasteiger partial charge in [0.2, 0.25) is 5.91 Å². The van der Waals surface area contributed by atoms with E-state index in [2.05, 4.69) is 9.88 Å². The molecular weight excluding hydrogens is 202 g/mol. The smallest absolute Gasteiger partial charge is 0.241 e. The number of amides is 1. The molecule has 0 aliphatic carbocycles. The number of primary amides is 1. The Morgan fingerprint density at radius 1 is 1.31 bits per heavy atom. The number of nitrogens with zero attached hydrogens (tertiary/aromatic N) is 2. The molecule has 2 heterocycles. The van der Waals surface area contributed by atoms with Crippen LogP contribution in [0.25, 0.3) is 0 Å². The lowest BCUT2D eigenvalue weighted by atomic mass is 10.1. The molecule has 1 aliphatic rings. The van der Waals surface area contributed by atoms with Gasteiger partial charge in [0.25, 0.3) is 0 Å². The van der Waals surface area contributed by atoms with E-state index >= 15 is 0 Å². The molecule has 1 saturated heterocycles. The summed E-state index contributed by atoms with van der Waals surface area (Å²) in [5.41, 5.74) is 6.24. The van der Waals surface area contributed by atoms with Crippen LogP contribution in [0.15, 0.2) is 24.4 Å². The third-order valence-electron chi connectivity index (χ3n) is 2.99. The van der Waals surface area contributed by atoms with E-state index < -0.39 is 0 Å². The van der Waals surface area contributed by atoms with Gasteiger partial charge in [-0.15, -0.1) is 0 Å². The van der Waals surface area contributed by atoms with Crippen molar-refractivity contribution in [2.45, 2.75) is 25.3 Å². The van der Waals surface area contributed by atoms with Crippen molar-refractivity contribution in [2.75, 3.05) is 13.1 Å². The van der Waals surface area contributed by atoms with Crippen molar-refractivity contribution in [3.05, 3.63) is 30.1 Å². The number of pyridine rings is 1. The van der Waals surface area contributed by atoms with Crippen molar-refractivity contribution in [1.29, 1.82) is 0 Å². The van der Waals surface area contributed by atoms with E-state index in [0.29, 0.717) is 0 Å². The summed E-state index contributed by atoms with van der Waals surface area (Å²) in [4.78, 5) is 17.9. The zero-order chi connectivity index (χ0) is 11.4. The molecule has 0 radical (unpaired) electrons. The van der Waals surface area contributed by atoms with Crippen LogP contribution in [0.4, 0.5) is 0 Å². The second kappa shape index (κ2) is 5.07. The number of rotatable bonds is 3. The van der Waals surface area contributed by atoms with Crippen LogP contribution in [-0.2, 0) is 4.79 Å². The van der Waals surface area contributed by atoms with E-state index in [1.165, 1.54) is 6.42 Å². The molecule has 2 rings (SSSR count). The number of likely N-dealkylation sites (tertiary alicyclic amines) is 1. The van der Waals surface area contributed by atoms with Gasteiger partial charge in [-0.05, 0) is 38.1 Å². The predicted molar refractivity (Wildman–Crippen MR) is 61.6 cm³/mol. The van der Waals surface area contributed by atoms with Crippen LogP contribution in [0.3, 0.4) is 0 Å². The van der Waals surface area contributed by atoms with Gasteiger partial charge in [0.15, 0.2) is 0 Å². The summed E-state index contributed by atoms with van der Waals surface area (Å²) in [6.07, 6.45) is 5.21. The summed E-state index contributed by atoms with van der Waals surface area (Å²) >= 11 is 0. The van der Waals surface area contributed by atoms with Gasteiger partial charge in [-0.3, -0.25) is 14.7 Å². The van der Waals surface area contributed by atoms with E-state index in [4.69, 9.17) is 5.73 Å². The minimum atomic E-state index is -0.360. The van der Waals surface area contributed by atoms with Gasteiger partial charge in [-0.25, -0.2) is 0 Å². The lowest BCUT2D eigenvalue weighted by Crippen LogP contribution is -2.41. The van der Waals surface area contributed by atoms with Crippen molar-refractivity contribution in [3.63, 3.8) is 0 Å². The van der Waals surface area contributed by atoms with Gasteiger partial charge in [0.1, 0.15) is 6.04 Å². The molecule has 0 spiro atoms. The molecule has 0 bridgehead atoms. The van der Waals surface area contributed by atoms with Crippen LogP contribution < -0.4 is 5.73 Å². The minimum absolute atomic E-state index is 0.305. The normalized spacial score (nSPS) is 19.2. The summed E-state index contributed by atoms with van der Waals surface area (Å²) in [6, 6.07) is 5.24. The molecule has 1 amide bonds. The van der Waals surface area contributed by atoms with Gasteiger partial charge >= 0.3 is 0 Å². The summed E-state index contributed by atoms with van der Waals surface area (Å²) < 4.78 is 0. The maximum Gasteiger partial charge on any atom is 0.241 e. The fourth-order valence-corrected chi connectivity index (χ4v) is 2.23. The van der Waals surface area contributed by atoms with Crippen molar-refractivity contribution in [1.82, 2.24) is 9.88 Å². The first kappa shape index (κ1) is 11.1. The molecule has 1 unspecified atom stereocenters. The Morgan fingerprint density at radius 2 is 2.06 bits per heavy atom. The summed E-state index contributed by atoms with van der Waals surface area (Å²) in [5, 5.41) is 0. The maximum atomic E-state index is 11.5. The van der Waals surface area contributed by atoms with Crippen molar-refractivity contribution < 1.29 is 4.79 Å². The Labute approximate surface area is 95.5 Å². The SMILES string of the molecule is NC(=O)C(c1ccccn1)N1CCCCC1. The van der Waals surface area contributed by atoms with Crippen molar-refractivity contribution >= 4 is 5.91 Å². The third kappa shape index (κ3) is 2.39. The quantitative estimate of drug-likeness (QED) is 0.828. The Balaban J connectivity index is 2.20. The monoisotopic (exact) mass is 219 g/mol. The van der Waals surface area contributed by atoms with Crippen LogP contribution in [-0.4, -0.2) is 28.9 Å². The minimum Gasteiger partial charge on any atom is -0.368 e. The van der Waals surface area contributed by atoms with Gasteiger partial charge < -0.3 is 5.73 Å². The average Bonchev–Trinajstić information content (AvgIpc) is 2.31. The molecule has 86 valence electrons. The maximum absolute atomic E-state index is 11.5. The number of aromatic nitrogens is 1. The molecule has 4 heteroatoms. The lowest BCUT2D eigenvalue weighted by Gasteiger charge is -2.32. The van der Waals surface area contributed by atoms with Gasteiger partial charge in [0, 0.05) is 6.20 Å². The number of hydrogen-bond acceptors (Lipinski definition) is 3. The molecule has 1 atom stereocenters. The zero-order valence-corrected chi connectivity index (χ0v) is 9.30. The molecule has 0 aromatic carbocycles. The fourth-order valence-electron chi connectivity index (χ4n) is 2.23. The van der Waals surface area contributed by atoms with Crippen LogP contribution in [0, 0.1) is 0 Å². The molecule has 16 heavy (non-hydrogen) atoms. The fraction of sp³-hybridized carbons (Fsp3) is 0.500. The first-order valence-electron chi connectivity index (χ1n) is 5.73. The second-order valence-electron chi connectivity index (χ2n) is 4.16. The Morgan fingerprint density at radius 3 is 2.62 bits per heavy atom. The van der Waals surface area contributed by atoms with E-state index in [-0.39, 0.29) is 11.9 Å². The van der Waals surface area contributed by atoms with E-state index in [0.717, 1.165) is 31.6 Å². The predicted octanol–water partition coefficient (Wildman–Crippen LogP) is 1.09. The summed E-state index contributed by atoms with van der Waals surface area (Å²) in [7, 11) is 0. The van der Waals surface area contributed by atoms with E-state index in [9.17, 15) is 4.79 Å². The highest BCUT2D eigenvalue weighted by atomic mass is 16.1. The number of hydrogen-bond donors (Lipinski definition) is 1. The molecule has 4 nitrogen and oxygen atoms in total. The van der Waals surface area contributed by atoms with Gasteiger partial charge in [-0.2, -0.15) is 0 Å². The average molecular weight is 219 g/mol. The zero-order valence-electron chi connectivity index (χ0n) is 9.30. The van der Waals surface area contributed by atoms with Crippen molar-refractivity contribution in [2.24, 2.45) is 5.73 Å². The summed E-state index contributed by atoms with van der Waals surface area (Å²) in [6.45, 7) is 1.87. The van der Waals surface area contributed by atoms with Gasteiger partial charge in [0.05, 0.1) is 5.69 Å². The highest BCUT2D eigenvalue weighted by Gasteiger charge is 2.27. The Bertz CT molecular complexity index is 347. The van der Waals surface area contributed by atoms with Crippen LogP contribution in [0.2, 0.25) is 0 Å². The molecule has 2 N–H and O–H groups in total. The van der Waals surface area contributed by atoms with E-state index in [1.807, 2.05) is 18.2 Å². The van der Waals surface area contributed by atoms with Crippen LogP contribution in [0.1, 0.15) is 31.0 Å². The molecule has 0 saturated carbocycles. The molecule has 1 aliphatic heterocycles. The van der Waals surface area contributed by atoms with Crippen molar-refractivity contribution in [3.8, 4) is 0 Å². The van der Waals surface area contributed by atoms with E-state index in [1.54, 1.807) is 6.20 Å². The van der Waals surface area contributed by atoms with Crippen LogP contribution >= 0.6 is 0 Å². The molecular formula is C12H17N3O.